The van der Waals surface area contributed by atoms with Gasteiger partial charge < -0.3 is 14.4 Å². The number of anilines is 1. The standard InChI is InChI=1S/C25H29BrN4O4/c1-6-7-8-23-28-21-12-10-18(26)13-20(21)24(31)30(23)27-15-17-9-11-19(29(3)4)14-22(17)34-16(2)25(32)33-5/h9-16H,6-8H2,1-5H3/t16-/m1/s1. The number of hydrogen-bond acceptors (Lipinski definition) is 7. The van der Waals surface area contributed by atoms with Gasteiger partial charge in [-0.25, -0.2) is 9.78 Å². The summed E-state index contributed by atoms with van der Waals surface area (Å²) in [6.07, 6.45) is 3.22. The number of halogens is 1. The van der Waals surface area contributed by atoms with Crippen LogP contribution in [0.25, 0.3) is 10.9 Å². The number of hydrogen-bond donors (Lipinski definition) is 0. The van der Waals surface area contributed by atoms with Crippen LogP contribution in [0.4, 0.5) is 5.69 Å². The number of methoxy groups -OCH3 is 1. The molecule has 0 fully saturated rings. The second-order valence-corrected chi connectivity index (χ2v) is 8.97. The minimum absolute atomic E-state index is 0.246. The van der Waals surface area contributed by atoms with Crippen LogP contribution in [-0.4, -0.2) is 49.2 Å². The van der Waals surface area contributed by atoms with Crippen molar-refractivity contribution < 1.29 is 14.3 Å². The normalized spacial score (nSPS) is 12.2. The summed E-state index contributed by atoms with van der Waals surface area (Å²) in [4.78, 5) is 31.9. The molecule has 0 aliphatic carbocycles. The maximum absolute atomic E-state index is 13.3. The first-order valence-corrected chi connectivity index (χ1v) is 11.9. The Morgan fingerprint density at radius 2 is 2.03 bits per heavy atom. The molecule has 1 atom stereocenters. The van der Waals surface area contributed by atoms with Crippen LogP contribution in [0.5, 0.6) is 5.75 Å². The zero-order valence-electron chi connectivity index (χ0n) is 20.0. The first kappa shape index (κ1) is 25.4. The Hall–Kier alpha value is -3.20. The summed E-state index contributed by atoms with van der Waals surface area (Å²) in [5.41, 5.74) is 1.90. The van der Waals surface area contributed by atoms with Gasteiger partial charge in [-0.2, -0.15) is 9.78 Å². The summed E-state index contributed by atoms with van der Waals surface area (Å²) >= 11 is 3.42. The zero-order chi connectivity index (χ0) is 24.8. The van der Waals surface area contributed by atoms with Gasteiger partial charge in [0.1, 0.15) is 11.6 Å². The quantitative estimate of drug-likeness (QED) is 0.302. The van der Waals surface area contributed by atoms with Gasteiger partial charge in [-0.15, -0.1) is 0 Å². The summed E-state index contributed by atoms with van der Waals surface area (Å²) in [5.74, 6) is 0.557. The van der Waals surface area contributed by atoms with E-state index >= 15 is 0 Å². The Morgan fingerprint density at radius 3 is 2.71 bits per heavy atom. The number of carbonyl (C=O) groups excluding carboxylic acids is 1. The van der Waals surface area contributed by atoms with E-state index in [2.05, 4.69) is 28.0 Å². The minimum Gasteiger partial charge on any atom is -0.478 e. The molecule has 0 radical (unpaired) electrons. The van der Waals surface area contributed by atoms with Crippen molar-refractivity contribution >= 4 is 44.7 Å². The molecular formula is C25H29BrN4O4. The van der Waals surface area contributed by atoms with Gasteiger partial charge in [0.2, 0.25) is 0 Å². The summed E-state index contributed by atoms with van der Waals surface area (Å²) in [7, 11) is 5.14. The molecule has 8 nitrogen and oxygen atoms in total. The highest BCUT2D eigenvalue weighted by Gasteiger charge is 2.17. The van der Waals surface area contributed by atoms with Crippen LogP contribution in [0.3, 0.4) is 0 Å². The van der Waals surface area contributed by atoms with E-state index in [0.717, 1.165) is 23.0 Å². The topological polar surface area (TPSA) is 86.0 Å². The maximum Gasteiger partial charge on any atom is 0.346 e. The van der Waals surface area contributed by atoms with E-state index in [0.29, 0.717) is 34.5 Å². The smallest absolute Gasteiger partial charge is 0.346 e. The van der Waals surface area contributed by atoms with Gasteiger partial charge in [0.05, 0.1) is 24.2 Å². The monoisotopic (exact) mass is 528 g/mol. The number of carbonyl (C=O) groups is 1. The van der Waals surface area contributed by atoms with Gasteiger partial charge in [-0.05, 0) is 43.7 Å². The molecule has 0 bridgehead atoms. The number of ether oxygens (including phenoxy) is 2. The highest BCUT2D eigenvalue weighted by molar-refractivity contribution is 9.10. The summed E-state index contributed by atoms with van der Waals surface area (Å²) in [5, 5.41) is 4.99. The van der Waals surface area contributed by atoms with Gasteiger partial charge in [-0.1, -0.05) is 29.3 Å². The molecule has 0 spiro atoms. The van der Waals surface area contributed by atoms with Crippen molar-refractivity contribution in [3.8, 4) is 5.75 Å². The first-order chi connectivity index (χ1) is 16.2. The highest BCUT2D eigenvalue weighted by Crippen LogP contribution is 2.25. The minimum atomic E-state index is -0.808. The number of esters is 1. The van der Waals surface area contributed by atoms with E-state index in [4.69, 9.17) is 14.5 Å². The van der Waals surface area contributed by atoms with Gasteiger partial charge in [0.15, 0.2) is 6.10 Å². The maximum atomic E-state index is 13.3. The summed E-state index contributed by atoms with van der Waals surface area (Å²) in [6, 6.07) is 11.0. The second kappa shape index (κ2) is 11.3. The molecule has 180 valence electrons. The first-order valence-electron chi connectivity index (χ1n) is 11.1. The second-order valence-electron chi connectivity index (χ2n) is 8.05. The molecule has 1 heterocycles. The number of fused-ring (bicyclic) bond motifs is 1. The molecule has 0 unspecified atom stereocenters. The van der Waals surface area contributed by atoms with E-state index in [1.165, 1.54) is 11.8 Å². The molecule has 1 aromatic heterocycles. The Morgan fingerprint density at radius 1 is 1.26 bits per heavy atom. The molecule has 2 aromatic carbocycles. The lowest BCUT2D eigenvalue weighted by molar-refractivity contribution is -0.147. The lowest BCUT2D eigenvalue weighted by Crippen LogP contribution is -2.25. The Balaban J connectivity index is 2.10. The molecule has 0 aliphatic heterocycles. The molecule has 34 heavy (non-hydrogen) atoms. The number of aryl methyl sites for hydroxylation is 1. The summed E-state index contributed by atoms with van der Waals surface area (Å²) < 4.78 is 12.8. The number of benzene rings is 2. The number of unbranched alkanes of at least 4 members (excludes halogenated alkanes) is 1. The van der Waals surface area contributed by atoms with E-state index in [9.17, 15) is 9.59 Å². The predicted octanol–water partition coefficient (Wildman–Crippen LogP) is 4.39. The molecule has 3 aromatic rings. The molecular weight excluding hydrogens is 500 g/mol. The van der Waals surface area contributed by atoms with Crippen molar-refractivity contribution in [2.45, 2.75) is 39.2 Å². The number of rotatable bonds is 9. The number of nitrogens with zero attached hydrogens (tertiary/aromatic N) is 4. The fourth-order valence-corrected chi connectivity index (χ4v) is 3.71. The Bertz CT molecular complexity index is 1270. The van der Waals surface area contributed by atoms with Crippen molar-refractivity contribution in [1.29, 1.82) is 0 Å². The van der Waals surface area contributed by atoms with Gasteiger partial charge >= 0.3 is 5.97 Å². The summed E-state index contributed by atoms with van der Waals surface area (Å²) in [6.45, 7) is 3.70. The molecule has 0 amide bonds. The van der Waals surface area contributed by atoms with Gasteiger partial charge in [0.25, 0.3) is 5.56 Å². The zero-order valence-corrected chi connectivity index (χ0v) is 21.6. The van der Waals surface area contributed by atoms with E-state index < -0.39 is 12.1 Å². The Labute approximate surface area is 207 Å². The van der Waals surface area contributed by atoms with Crippen molar-refractivity contribution in [3.05, 3.63) is 62.6 Å². The van der Waals surface area contributed by atoms with E-state index in [1.807, 2.05) is 49.3 Å². The lowest BCUT2D eigenvalue weighted by atomic mass is 10.2. The fraction of sp³-hybridized carbons (Fsp3) is 0.360. The van der Waals surface area contributed by atoms with Crippen molar-refractivity contribution in [2.75, 3.05) is 26.1 Å². The number of aromatic nitrogens is 2. The molecule has 9 heteroatoms. The van der Waals surface area contributed by atoms with Crippen molar-refractivity contribution in [2.24, 2.45) is 5.10 Å². The van der Waals surface area contributed by atoms with Crippen molar-refractivity contribution in [3.63, 3.8) is 0 Å². The molecule has 0 saturated heterocycles. The third-order valence-corrected chi connectivity index (χ3v) is 5.79. The van der Waals surface area contributed by atoms with E-state index in [1.54, 1.807) is 19.2 Å². The SMILES string of the molecule is CCCCc1nc2ccc(Br)cc2c(=O)n1N=Cc1ccc(N(C)C)cc1O[C@H](C)C(=O)OC. The molecule has 0 saturated carbocycles. The van der Waals surface area contributed by atoms with Crippen LogP contribution >= 0.6 is 15.9 Å². The van der Waals surface area contributed by atoms with Crippen LogP contribution in [0.15, 0.2) is 50.8 Å². The molecule has 3 rings (SSSR count). The lowest BCUT2D eigenvalue weighted by Gasteiger charge is -2.18. The molecule has 0 aliphatic rings. The van der Waals surface area contributed by atoms with Crippen LogP contribution in [0, 0.1) is 0 Å². The van der Waals surface area contributed by atoms with E-state index in [-0.39, 0.29) is 5.56 Å². The van der Waals surface area contributed by atoms with Crippen LogP contribution in [0.1, 0.15) is 38.1 Å². The third kappa shape index (κ3) is 5.83. The van der Waals surface area contributed by atoms with Crippen LogP contribution < -0.4 is 15.2 Å². The fourth-order valence-electron chi connectivity index (χ4n) is 3.34. The van der Waals surface area contributed by atoms with Crippen LogP contribution in [-0.2, 0) is 16.0 Å². The average molecular weight is 529 g/mol. The predicted molar refractivity (Wildman–Crippen MR) is 138 cm³/mol. The van der Waals surface area contributed by atoms with Gasteiger partial charge in [-0.3, -0.25) is 4.79 Å². The highest BCUT2D eigenvalue weighted by atomic mass is 79.9. The van der Waals surface area contributed by atoms with Gasteiger partial charge in [0, 0.05) is 42.3 Å². The van der Waals surface area contributed by atoms with Crippen molar-refractivity contribution in [1.82, 2.24) is 9.66 Å². The average Bonchev–Trinajstić information content (AvgIpc) is 2.82. The Kier molecular flexibility index (Phi) is 8.44. The largest absolute Gasteiger partial charge is 0.478 e. The third-order valence-electron chi connectivity index (χ3n) is 5.29. The molecule has 0 N–H and O–H groups in total. The van der Waals surface area contributed by atoms with Crippen LogP contribution in [0.2, 0.25) is 0 Å².